The highest BCUT2D eigenvalue weighted by atomic mass is 19.1. The zero-order valence-electron chi connectivity index (χ0n) is 18.6. The lowest BCUT2D eigenvalue weighted by Gasteiger charge is -2.22. The number of halogens is 1. The SMILES string of the molecule is CC(C)C[C@H](NC(=O)c1ccc(N2CCCC2)c(OCC2CC2)n1)C(=O)OCCCF. The van der Waals surface area contributed by atoms with Crippen molar-refractivity contribution in [1.82, 2.24) is 10.3 Å². The Balaban J connectivity index is 1.71. The van der Waals surface area contributed by atoms with Gasteiger partial charge in [0, 0.05) is 19.5 Å². The average Bonchev–Trinajstić information content (AvgIpc) is 3.42. The smallest absolute Gasteiger partial charge is 0.328 e. The number of amides is 1. The van der Waals surface area contributed by atoms with Crippen LogP contribution in [0.3, 0.4) is 0 Å². The van der Waals surface area contributed by atoms with E-state index in [2.05, 4.69) is 15.2 Å². The number of anilines is 1. The van der Waals surface area contributed by atoms with E-state index < -0.39 is 24.6 Å². The third-order valence-electron chi connectivity index (χ3n) is 5.49. The number of esters is 1. The number of rotatable bonds is 12. The van der Waals surface area contributed by atoms with Crippen molar-refractivity contribution in [3.63, 3.8) is 0 Å². The van der Waals surface area contributed by atoms with Crippen molar-refractivity contribution in [2.24, 2.45) is 11.8 Å². The molecule has 31 heavy (non-hydrogen) atoms. The first-order chi connectivity index (χ1) is 15.0. The van der Waals surface area contributed by atoms with Gasteiger partial charge >= 0.3 is 5.97 Å². The summed E-state index contributed by atoms with van der Waals surface area (Å²) in [7, 11) is 0. The van der Waals surface area contributed by atoms with Gasteiger partial charge in [0.1, 0.15) is 11.7 Å². The third-order valence-corrected chi connectivity index (χ3v) is 5.49. The number of aromatic nitrogens is 1. The number of hydrogen-bond acceptors (Lipinski definition) is 6. The lowest BCUT2D eigenvalue weighted by molar-refractivity contribution is -0.146. The fourth-order valence-corrected chi connectivity index (χ4v) is 3.59. The van der Waals surface area contributed by atoms with Crippen LogP contribution in [0.2, 0.25) is 0 Å². The second kappa shape index (κ2) is 11.3. The van der Waals surface area contributed by atoms with Gasteiger partial charge in [-0.15, -0.1) is 0 Å². The van der Waals surface area contributed by atoms with Crippen molar-refractivity contribution in [1.29, 1.82) is 0 Å². The molecule has 1 aromatic rings. The van der Waals surface area contributed by atoms with Gasteiger partial charge < -0.3 is 19.7 Å². The fraction of sp³-hybridized carbons (Fsp3) is 0.696. The zero-order chi connectivity index (χ0) is 22.2. The molecule has 0 aromatic carbocycles. The first-order valence-electron chi connectivity index (χ1n) is 11.4. The highest BCUT2D eigenvalue weighted by molar-refractivity contribution is 5.95. The third kappa shape index (κ3) is 7.08. The lowest BCUT2D eigenvalue weighted by atomic mass is 10.0. The number of alkyl halides is 1. The maximum absolute atomic E-state index is 12.9. The number of nitrogens with zero attached hydrogens (tertiary/aromatic N) is 2. The van der Waals surface area contributed by atoms with E-state index in [1.165, 1.54) is 12.8 Å². The monoisotopic (exact) mass is 435 g/mol. The maximum Gasteiger partial charge on any atom is 0.328 e. The Morgan fingerprint density at radius 1 is 1.26 bits per heavy atom. The summed E-state index contributed by atoms with van der Waals surface area (Å²) in [4.78, 5) is 32.0. The lowest BCUT2D eigenvalue weighted by Crippen LogP contribution is -2.43. The summed E-state index contributed by atoms with van der Waals surface area (Å²) in [6.45, 7) is 5.88. The predicted molar refractivity (Wildman–Crippen MR) is 116 cm³/mol. The molecule has 0 spiro atoms. The Morgan fingerprint density at radius 3 is 2.65 bits per heavy atom. The molecule has 0 radical (unpaired) electrons. The minimum absolute atomic E-state index is 0.00172. The van der Waals surface area contributed by atoms with Crippen LogP contribution in [0.4, 0.5) is 10.1 Å². The molecule has 1 aliphatic carbocycles. The van der Waals surface area contributed by atoms with Crippen molar-refractivity contribution >= 4 is 17.6 Å². The molecule has 1 N–H and O–H groups in total. The Bertz CT molecular complexity index is 748. The van der Waals surface area contributed by atoms with Crippen LogP contribution in [0.5, 0.6) is 5.88 Å². The number of hydrogen-bond donors (Lipinski definition) is 1. The van der Waals surface area contributed by atoms with Crippen molar-refractivity contribution < 1.29 is 23.5 Å². The zero-order valence-corrected chi connectivity index (χ0v) is 18.6. The van der Waals surface area contributed by atoms with Crippen LogP contribution in [0.25, 0.3) is 0 Å². The van der Waals surface area contributed by atoms with E-state index in [1.54, 1.807) is 6.07 Å². The van der Waals surface area contributed by atoms with Gasteiger partial charge in [0.15, 0.2) is 0 Å². The minimum atomic E-state index is -0.803. The van der Waals surface area contributed by atoms with E-state index in [1.807, 2.05) is 19.9 Å². The quantitative estimate of drug-likeness (QED) is 0.400. The molecular formula is C23H34FN3O4. The minimum Gasteiger partial charge on any atom is -0.476 e. The number of carbonyl (C=O) groups excluding carboxylic acids is 2. The molecular weight excluding hydrogens is 401 g/mol. The summed E-state index contributed by atoms with van der Waals surface area (Å²) in [5.41, 5.74) is 1.12. The molecule has 0 bridgehead atoms. The van der Waals surface area contributed by atoms with Gasteiger partial charge in [0.25, 0.3) is 5.91 Å². The van der Waals surface area contributed by atoms with Gasteiger partial charge in [-0.3, -0.25) is 9.18 Å². The van der Waals surface area contributed by atoms with Crippen LogP contribution in [0, 0.1) is 11.8 Å². The number of ether oxygens (including phenoxy) is 2. The molecule has 7 nitrogen and oxygen atoms in total. The first-order valence-corrected chi connectivity index (χ1v) is 11.4. The van der Waals surface area contributed by atoms with E-state index in [0.717, 1.165) is 31.6 Å². The van der Waals surface area contributed by atoms with E-state index in [0.29, 0.717) is 24.8 Å². The molecule has 172 valence electrons. The van der Waals surface area contributed by atoms with Gasteiger partial charge in [-0.1, -0.05) is 13.8 Å². The number of nitrogens with one attached hydrogen (secondary N) is 1. The summed E-state index contributed by atoms with van der Waals surface area (Å²) in [6, 6.07) is 2.75. The van der Waals surface area contributed by atoms with Crippen LogP contribution >= 0.6 is 0 Å². The number of pyridine rings is 1. The van der Waals surface area contributed by atoms with Crippen LogP contribution in [0.1, 0.15) is 62.9 Å². The Hall–Kier alpha value is -2.38. The second-order valence-electron chi connectivity index (χ2n) is 8.83. The molecule has 1 atom stereocenters. The highest BCUT2D eigenvalue weighted by Gasteiger charge is 2.27. The van der Waals surface area contributed by atoms with Gasteiger partial charge in [0.05, 0.1) is 25.6 Å². The van der Waals surface area contributed by atoms with E-state index in [9.17, 15) is 14.0 Å². The van der Waals surface area contributed by atoms with Gasteiger partial charge in [0.2, 0.25) is 5.88 Å². The van der Waals surface area contributed by atoms with Crippen molar-refractivity contribution in [3.05, 3.63) is 17.8 Å². The molecule has 1 saturated carbocycles. The summed E-state index contributed by atoms with van der Waals surface area (Å²) in [5, 5.41) is 2.75. The molecule has 8 heteroatoms. The van der Waals surface area contributed by atoms with E-state index >= 15 is 0 Å². The molecule has 1 saturated heterocycles. The average molecular weight is 436 g/mol. The molecule has 0 unspecified atom stereocenters. The topological polar surface area (TPSA) is 80.8 Å². The van der Waals surface area contributed by atoms with Crippen LogP contribution in [0.15, 0.2) is 12.1 Å². The van der Waals surface area contributed by atoms with E-state index in [4.69, 9.17) is 9.47 Å². The first kappa shape index (κ1) is 23.3. The van der Waals surface area contributed by atoms with Crippen molar-refractivity contribution in [2.75, 3.05) is 37.9 Å². The van der Waals surface area contributed by atoms with Gasteiger partial charge in [-0.25, -0.2) is 9.78 Å². The molecule has 2 fully saturated rings. The largest absolute Gasteiger partial charge is 0.476 e. The fourth-order valence-electron chi connectivity index (χ4n) is 3.59. The summed E-state index contributed by atoms with van der Waals surface area (Å²) in [5.74, 6) is 0.223. The molecule has 1 aromatic heterocycles. The predicted octanol–water partition coefficient (Wildman–Crippen LogP) is 3.52. The standard InChI is InChI=1S/C23H34FN3O4/c1-16(2)14-19(23(29)30-13-5-10-24)25-21(28)18-8-9-20(27-11-3-4-12-27)22(26-18)31-15-17-6-7-17/h8-9,16-17,19H,3-7,10-15H2,1-2H3,(H,25,28)/t19-/m0/s1. The van der Waals surface area contributed by atoms with Crippen molar-refractivity contribution in [2.45, 2.75) is 58.4 Å². The van der Waals surface area contributed by atoms with Crippen LogP contribution in [-0.4, -0.2) is 55.9 Å². The molecule has 2 aliphatic rings. The Kier molecular flexibility index (Phi) is 8.49. The maximum atomic E-state index is 12.9. The van der Waals surface area contributed by atoms with Crippen LogP contribution in [-0.2, 0) is 9.53 Å². The van der Waals surface area contributed by atoms with Gasteiger partial charge in [-0.05, 0) is 56.1 Å². The summed E-state index contributed by atoms with van der Waals surface area (Å²) < 4.78 is 23.4. The molecule has 1 amide bonds. The Morgan fingerprint density at radius 2 is 2.00 bits per heavy atom. The normalized spacial score (nSPS) is 17.0. The van der Waals surface area contributed by atoms with E-state index in [-0.39, 0.29) is 24.6 Å². The Labute approximate surface area is 183 Å². The van der Waals surface area contributed by atoms with Crippen molar-refractivity contribution in [3.8, 4) is 5.88 Å². The molecule has 2 heterocycles. The highest BCUT2D eigenvalue weighted by Crippen LogP contribution is 2.33. The second-order valence-corrected chi connectivity index (χ2v) is 8.83. The summed E-state index contributed by atoms with van der Waals surface area (Å²) >= 11 is 0. The van der Waals surface area contributed by atoms with Gasteiger partial charge in [-0.2, -0.15) is 0 Å². The summed E-state index contributed by atoms with van der Waals surface area (Å²) in [6.07, 6.45) is 5.17. The molecule has 3 rings (SSSR count). The molecule has 1 aliphatic heterocycles. The van der Waals surface area contributed by atoms with Crippen LogP contribution < -0.4 is 15.0 Å². The number of carbonyl (C=O) groups is 2.